The minimum atomic E-state index is -0.727. The number of aromatic hydroxyl groups is 1. The summed E-state index contributed by atoms with van der Waals surface area (Å²) in [4.78, 5) is 32.0. The molecule has 1 atom stereocenters. The highest BCUT2D eigenvalue weighted by Crippen LogP contribution is 2.32. The van der Waals surface area contributed by atoms with E-state index >= 15 is 0 Å². The Bertz CT molecular complexity index is 1750. The molecule has 5 rings (SSSR count). The van der Waals surface area contributed by atoms with Crippen LogP contribution in [-0.4, -0.2) is 29.4 Å². The highest BCUT2D eigenvalue weighted by Gasteiger charge is 2.33. The van der Waals surface area contributed by atoms with E-state index in [1.165, 1.54) is 29.1 Å². The van der Waals surface area contributed by atoms with Crippen molar-refractivity contribution in [2.75, 3.05) is 13.7 Å². The molecule has 0 spiro atoms. The van der Waals surface area contributed by atoms with Crippen LogP contribution in [0.15, 0.2) is 93.9 Å². The number of phenolic OH excluding ortho intramolecular Hbond substituents is 1. The summed E-state index contributed by atoms with van der Waals surface area (Å²) in [6, 6.07) is 21.3. The first-order valence-electron chi connectivity index (χ1n) is 12.7. The fourth-order valence-corrected chi connectivity index (χ4v) is 5.58. The molecule has 1 aromatic heterocycles. The Hall–Kier alpha value is -4.63. The lowest BCUT2D eigenvalue weighted by atomic mass is 9.96. The number of ether oxygens (including phenoxy) is 3. The second-order valence-corrected chi connectivity index (χ2v) is 10.1. The minimum absolute atomic E-state index is 0.00649. The molecule has 1 aliphatic rings. The molecular formula is C31H28N2O6S. The van der Waals surface area contributed by atoms with Gasteiger partial charge in [-0.15, -0.1) is 0 Å². The molecule has 9 heteroatoms. The van der Waals surface area contributed by atoms with Gasteiger partial charge < -0.3 is 19.3 Å². The van der Waals surface area contributed by atoms with Gasteiger partial charge in [0.2, 0.25) is 0 Å². The van der Waals surface area contributed by atoms with Crippen molar-refractivity contribution >= 4 is 23.4 Å². The minimum Gasteiger partial charge on any atom is -0.504 e. The molecule has 1 unspecified atom stereocenters. The van der Waals surface area contributed by atoms with E-state index in [2.05, 4.69) is 4.99 Å². The average Bonchev–Trinajstić information content (AvgIpc) is 3.27. The summed E-state index contributed by atoms with van der Waals surface area (Å²) in [5, 5.41) is 9.94. The van der Waals surface area contributed by atoms with Crippen molar-refractivity contribution in [2.45, 2.75) is 26.5 Å². The quantitative estimate of drug-likeness (QED) is 0.328. The Morgan fingerprint density at radius 1 is 1.10 bits per heavy atom. The van der Waals surface area contributed by atoms with E-state index in [9.17, 15) is 14.7 Å². The third-order valence-corrected chi connectivity index (χ3v) is 7.45. The molecule has 1 N–H and O–H groups in total. The maximum atomic E-state index is 13.8. The number of hydrogen-bond donors (Lipinski definition) is 1. The summed E-state index contributed by atoms with van der Waals surface area (Å²) in [5.41, 5.74) is 2.96. The molecule has 8 nitrogen and oxygen atoms in total. The molecule has 4 aromatic rings. The number of hydrogen-bond acceptors (Lipinski definition) is 8. The number of fused-ring (bicyclic) bond motifs is 1. The molecule has 0 fully saturated rings. The van der Waals surface area contributed by atoms with Gasteiger partial charge in [0.25, 0.3) is 5.56 Å². The number of carbonyl (C=O) groups is 1. The largest absolute Gasteiger partial charge is 0.504 e. The first-order chi connectivity index (χ1) is 19.4. The number of thiazole rings is 1. The maximum Gasteiger partial charge on any atom is 0.338 e. The van der Waals surface area contributed by atoms with Gasteiger partial charge >= 0.3 is 5.97 Å². The zero-order valence-electron chi connectivity index (χ0n) is 22.3. The number of rotatable bonds is 8. The average molecular weight is 557 g/mol. The molecule has 0 radical (unpaired) electrons. The van der Waals surface area contributed by atoms with Crippen LogP contribution in [0, 0.1) is 0 Å². The van der Waals surface area contributed by atoms with E-state index < -0.39 is 12.0 Å². The monoisotopic (exact) mass is 556 g/mol. The number of aromatic nitrogens is 1. The number of esters is 1. The van der Waals surface area contributed by atoms with Crippen molar-refractivity contribution in [3.05, 3.63) is 120 Å². The van der Waals surface area contributed by atoms with Gasteiger partial charge in [-0.25, -0.2) is 9.79 Å². The van der Waals surface area contributed by atoms with Crippen molar-refractivity contribution in [3.63, 3.8) is 0 Å². The lowest BCUT2D eigenvalue weighted by Gasteiger charge is -2.24. The van der Waals surface area contributed by atoms with E-state index in [1.54, 1.807) is 32.1 Å². The molecule has 40 heavy (non-hydrogen) atoms. The normalized spacial score (nSPS) is 14.9. The van der Waals surface area contributed by atoms with Crippen molar-refractivity contribution < 1.29 is 24.1 Å². The summed E-state index contributed by atoms with van der Waals surface area (Å²) < 4.78 is 18.5. The Morgan fingerprint density at radius 2 is 1.85 bits per heavy atom. The molecule has 2 heterocycles. The van der Waals surface area contributed by atoms with Crippen LogP contribution in [0.5, 0.6) is 17.2 Å². The lowest BCUT2D eigenvalue weighted by molar-refractivity contribution is -0.139. The second kappa shape index (κ2) is 11.6. The Balaban J connectivity index is 1.57. The topological polar surface area (TPSA) is 99.4 Å². The van der Waals surface area contributed by atoms with Gasteiger partial charge in [0.05, 0.1) is 35.6 Å². The van der Waals surface area contributed by atoms with Gasteiger partial charge in [0.1, 0.15) is 12.4 Å². The summed E-state index contributed by atoms with van der Waals surface area (Å²) in [6.45, 7) is 4.11. The van der Waals surface area contributed by atoms with Gasteiger partial charge in [-0.3, -0.25) is 9.36 Å². The smallest absolute Gasteiger partial charge is 0.338 e. The van der Waals surface area contributed by atoms with E-state index in [0.717, 1.165) is 11.1 Å². The Labute approximate surface area is 234 Å². The summed E-state index contributed by atoms with van der Waals surface area (Å²) >= 11 is 1.23. The number of benzene rings is 3. The second-order valence-electron chi connectivity index (χ2n) is 9.08. The highest BCUT2D eigenvalue weighted by molar-refractivity contribution is 7.07. The zero-order chi connectivity index (χ0) is 28.2. The van der Waals surface area contributed by atoms with Crippen LogP contribution in [0.3, 0.4) is 0 Å². The zero-order valence-corrected chi connectivity index (χ0v) is 23.1. The van der Waals surface area contributed by atoms with Gasteiger partial charge in [-0.2, -0.15) is 0 Å². The molecule has 204 valence electrons. The van der Waals surface area contributed by atoms with Crippen molar-refractivity contribution in [1.29, 1.82) is 0 Å². The third-order valence-electron chi connectivity index (χ3n) is 6.46. The number of nitrogens with zero attached hydrogens (tertiary/aromatic N) is 2. The number of phenols is 1. The molecular weight excluding hydrogens is 528 g/mol. The van der Waals surface area contributed by atoms with E-state index in [0.29, 0.717) is 44.3 Å². The van der Waals surface area contributed by atoms with Gasteiger partial charge in [-0.05, 0) is 60.9 Å². The third kappa shape index (κ3) is 5.41. The van der Waals surface area contributed by atoms with Crippen LogP contribution in [0.4, 0.5) is 0 Å². The first kappa shape index (κ1) is 27.0. The van der Waals surface area contributed by atoms with Crippen LogP contribution in [0.25, 0.3) is 6.08 Å². The van der Waals surface area contributed by atoms with E-state index in [1.807, 2.05) is 54.6 Å². The van der Waals surface area contributed by atoms with Crippen LogP contribution in [0.1, 0.15) is 36.6 Å². The summed E-state index contributed by atoms with van der Waals surface area (Å²) in [7, 11) is 1.46. The van der Waals surface area contributed by atoms with Crippen molar-refractivity contribution in [3.8, 4) is 17.2 Å². The van der Waals surface area contributed by atoms with E-state index in [-0.39, 0.29) is 17.9 Å². The fraction of sp³-hybridized carbons (Fsp3) is 0.194. The molecule has 0 saturated carbocycles. The molecule has 0 amide bonds. The number of allylic oxidation sites excluding steroid dienone is 1. The predicted octanol–water partition coefficient (Wildman–Crippen LogP) is 4.09. The van der Waals surface area contributed by atoms with Crippen molar-refractivity contribution in [2.24, 2.45) is 4.99 Å². The van der Waals surface area contributed by atoms with Gasteiger partial charge in [0.15, 0.2) is 16.3 Å². The molecule has 0 bridgehead atoms. The Kier molecular flexibility index (Phi) is 7.84. The first-order valence-corrected chi connectivity index (χ1v) is 13.5. The fourth-order valence-electron chi connectivity index (χ4n) is 4.53. The molecule has 1 aliphatic heterocycles. The van der Waals surface area contributed by atoms with Crippen LogP contribution in [-0.2, 0) is 16.1 Å². The standard InChI is InChI=1S/C31H28N2O6S/c1-4-38-30(36)27-19(2)32-31-33(29(35)26(40-31)17-21-10-15-24(34)25(16-21)37-3)28(27)22-11-13-23(14-12-22)39-18-20-8-6-5-7-9-20/h5-17,28,34H,4,18H2,1-3H3. The predicted molar refractivity (Wildman–Crippen MR) is 152 cm³/mol. The Morgan fingerprint density at radius 3 is 2.55 bits per heavy atom. The van der Waals surface area contributed by atoms with Crippen LogP contribution in [0.2, 0.25) is 0 Å². The molecule has 3 aromatic carbocycles. The molecule has 0 saturated heterocycles. The highest BCUT2D eigenvalue weighted by atomic mass is 32.1. The lowest BCUT2D eigenvalue weighted by Crippen LogP contribution is -2.39. The molecule has 0 aliphatic carbocycles. The van der Waals surface area contributed by atoms with Gasteiger partial charge in [0, 0.05) is 0 Å². The number of carbonyl (C=O) groups excluding carboxylic acids is 1. The SMILES string of the molecule is CCOC(=O)C1=C(C)N=c2sc(=Cc3ccc(O)c(OC)c3)c(=O)n2C1c1ccc(OCc2ccccc2)cc1. The number of methoxy groups -OCH3 is 1. The van der Waals surface area contributed by atoms with Crippen LogP contribution < -0.4 is 24.4 Å². The van der Waals surface area contributed by atoms with Crippen molar-refractivity contribution in [1.82, 2.24) is 4.57 Å². The van der Waals surface area contributed by atoms with Crippen LogP contribution >= 0.6 is 11.3 Å². The summed E-state index contributed by atoms with van der Waals surface area (Å²) in [5.74, 6) is 0.455. The van der Waals surface area contributed by atoms with Gasteiger partial charge in [-0.1, -0.05) is 59.9 Å². The van der Waals surface area contributed by atoms with E-state index in [4.69, 9.17) is 14.2 Å². The summed E-state index contributed by atoms with van der Waals surface area (Å²) in [6.07, 6.45) is 1.72. The maximum absolute atomic E-state index is 13.8.